The highest BCUT2D eigenvalue weighted by molar-refractivity contribution is 5.99. The molecule has 7 nitrogen and oxygen atoms in total. The molecule has 1 fully saturated rings. The zero-order valence-corrected chi connectivity index (χ0v) is 17.0. The van der Waals surface area contributed by atoms with Gasteiger partial charge in [-0.2, -0.15) is 0 Å². The summed E-state index contributed by atoms with van der Waals surface area (Å²) in [6.45, 7) is 1.11. The summed E-state index contributed by atoms with van der Waals surface area (Å²) < 4.78 is 6.00. The van der Waals surface area contributed by atoms with E-state index in [2.05, 4.69) is 21.4 Å². The largest absolute Gasteiger partial charge is 0.488 e. The van der Waals surface area contributed by atoms with Crippen LogP contribution in [0.15, 0.2) is 61.2 Å². The minimum absolute atomic E-state index is 0.108. The molecule has 0 aliphatic carbocycles. The Labute approximate surface area is 180 Å². The highest BCUT2D eigenvalue weighted by Crippen LogP contribution is 2.32. The topological polar surface area (TPSA) is 84.4 Å². The number of hydrogen-bond acceptors (Lipinski definition) is 5. The first kappa shape index (κ1) is 19.2. The van der Waals surface area contributed by atoms with Crippen molar-refractivity contribution in [3.8, 4) is 16.9 Å². The molecule has 5 rings (SSSR count). The number of carbonyl (C=O) groups is 2. The second-order valence-corrected chi connectivity index (χ2v) is 7.80. The highest BCUT2D eigenvalue weighted by Gasteiger charge is 2.25. The van der Waals surface area contributed by atoms with Crippen LogP contribution in [0.5, 0.6) is 5.75 Å². The molecule has 0 radical (unpaired) electrons. The molecule has 1 saturated heterocycles. The van der Waals surface area contributed by atoms with Gasteiger partial charge in [-0.3, -0.25) is 9.59 Å². The smallest absolute Gasteiger partial charge is 0.251 e. The van der Waals surface area contributed by atoms with Gasteiger partial charge >= 0.3 is 0 Å². The van der Waals surface area contributed by atoms with Gasteiger partial charge in [0.05, 0.1) is 6.54 Å². The maximum absolute atomic E-state index is 12.7. The summed E-state index contributed by atoms with van der Waals surface area (Å²) >= 11 is 0. The van der Waals surface area contributed by atoms with E-state index in [-0.39, 0.29) is 17.9 Å². The van der Waals surface area contributed by atoms with Crippen molar-refractivity contribution in [2.24, 2.45) is 0 Å². The van der Waals surface area contributed by atoms with Crippen LogP contribution in [0, 0.1) is 0 Å². The molecule has 0 saturated carbocycles. The molecule has 7 heteroatoms. The number of aromatic nitrogens is 2. The number of amides is 2. The van der Waals surface area contributed by atoms with Gasteiger partial charge in [0.25, 0.3) is 5.91 Å². The number of nitrogens with zero attached hydrogens (tertiary/aromatic N) is 3. The van der Waals surface area contributed by atoms with Crippen LogP contribution in [-0.2, 0) is 11.2 Å². The van der Waals surface area contributed by atoms with Crippen LogP contribution < -0.4 is 15.0 Å². The Kier molecular flexibility index (Phi) is 5.08. The number of ether oxygens (including phenoxy) is 1. The van der Waals surface area contributed by atoms with Gasteiger partial charge in [-0.05, 0) is 47.9 Å². The van der Waals surface area contributed by atoms with E-state index in [1.54, 1.807) is 29.4 Å². The average Bonchev–Trinajstić information content (AvgIpc) is 3.43. The molecular weight excluding hydrogens is 392 g/mol. The third-order valence-corrected chi connectivity index (χ3v) is 5.68. The van der Waals surface area contributed by atoms with E-state index in [1.807, 2.05) is 24.3 Å². The zero-order valence-electron chi connectivity index (χ0n) is 17.0. The third kappa shape index (κ3) is 3.99. The summed E-state index contributed by atoms with van der Waals surface area (Å²) in [5.74, 6) is 0.778. The number of nitrogens with one attached hydrogen (secondary N) is 1. The van der Waals surface area contributed by atoms with Crippen LogP contribution in [0.25, 0.3) is 11.1 Å². The molecule has 2 aliphatic heterocycles. The lowest BCUT2D eigenvalue weighted by atomic mass is 10.0. The van der Waals surface area contributed by atoms with Crippen molar-refractivity contribution < 1.29 is 14.3 Å². The Hall–Kier alpha value is -3.74. The molecule has 0 spiro atoms. The molecule has 0 bridgehead atoms. The van der Waals surface area contributed by atoms with E-state index in [4.69, 9.17) is 4.74 Å². The molecule has 3 aromatic rings. The van der Waals surface area contributed by atoms with Gasteiger partial charge in [0.15, 0.2) is 0 Å². The fraction of sp³-hybridized carbons (Fsp3) is 0.250. The van der Waals surface area contributed by atoms with Crippen molar-refractivity contribution in [1.82, 2.24) is 15.3 Å². The number of benzene rings is 2. The minimum Gasteiger partial charge on any atom is -0.488 e. The molecule has 2 amide bonds. The maximum Gasteiger partial charge on any atom is 0.251 e. The van der Waals surface area contributed by atoms with Gasteiger partial charge in [-0.1, -0.05) is 12.1 Å². The Morgan fingerprint density at radius 1 is 1.13 bits per heavy atom. The molecule has 2 aliphatic rings. The van der Waals surface area contributed by atoms with E-state index in [0.717, 1.165) is 41.0 Å². The van der Waals surface area contributed by atoms with E-state index >= 15 is 0 Å². The lowest BCUT2D eigenvalue weighted by molar-refractivity contribution is -0.117. The summed E-state index contributed by atoms with van der Waals surface area (Å²) in [5.41, 5.74) is 4.42. The number of rotatable bonds is 5. The molecule has 31 heavy (non-hydrogen) atoms. The fourth-order valence-corrected chi connectivity index (χ4v) is 4.11. The van der Waals surface area contributed by atoms with Crippen molar-refractivity contribution >= 4 is 17.5 Å². The first-order valence-electron chi connectivity index (χ1n) is 10.4. The predicted octanol–water partition coefficient (Wildman–Crippen LogP) is 3.00. The highest BCUT2D eigenvalue weighted by atomic mass is 16.5. The van der Waals surface area contributed by atoms with Crippen LogP contribution in [0.3, 0.4) is 0 Å². The zero-order chi connectivity index (χ0) is 21.2. The van der Waals surface area contributed by atoms with Crippen molar-refractivity contribution in [3.05, 3.63) is 72.3 Å². The Morgan fingerprint density at radius 3 is 2.81 bits per heavy atom. The van der Waals surface area contributed by atoms with Crippen molar-refractivity contribution in [2.75, 3.05) is 18.0 Å². The molecule has 1 atom stereocenters. The predicted molar refractivity (Wildman–Crippen MR) is 116 cm³/mol. The summed E-state index contributed by atoms with van der Waals surface area (Å²) in [6, 6.07) is 13.2. The van der Waals surface area contributed by atoms with Crippen molar-refractivity contribution in [2.45, 2.75) is 25.4 Å². The van der Waals surface area contributed by atoms with Gasteiger partial charge in [-0.25, -0.2) is 9.97 Å². The van der Waals surface area contributed by atoms with Gasteiger partial charge in [-0.15, -0.1) is 0 Å². The fourth-order valence-electron chi connectivity index (χ4n) is 4.11. The maximum atomic E-state index is 12.7. The second-order valence-electron chi connectivity index (χ2n) is 7.80. The Morgan fingerprint density at radius 2 is 2.00 bits per heavy atom. The lowest BCUT2D eigenvalue weighted by Gasteiger charge is -2.17. The van der Waals surface area contributed by atoms with E-state index < -0.39 is 0 Å². The first-order chi connectivity index (χ1) is 15.2. The summed E-state index contributed by atoms with van der Waals surface area (Å²) in [6.07, 6.45) is 7.10. The van der Waals surface area contributed by atoms with Crippen LogP contribution in [0.1, 0.15) is 28.8 Å². The molecule has 1 N–H and O–H groups in total. The van der Waals surface area contributed by atoms with Gasteiger partial charge in [0, 0.05) is 48.6 Å². The standard InChI is InChI=1S/C24H22N4O3/c29-23-5-2-8-28(23)20-4-1-3-17(10-20)24(30)27-14-21-11-18-9-16(6-7-22(18)31-21)19-12-25-15-26-13-19/h1,3-4,6-7,9-10,12-13,15,21H,2,5,8,11,14H2,(H,27,30)/t21-/m1/s1. The van der Waals surface area contributed by atoms with Crippen LogP contribution in [-0.4, -0.2) is 41.0 Å². The van der Waals surface area contributed by atoms with Crippen LogP contribution in [0.4, 0.5) is 5.69 Å². The number of anilines is 1. The van der Waals surface area contributed by atoms with Crippen LogP contribution >= 0.6 is 0 Å². The summed E-state index contributed by atoms with van der Waals surface area (Å²) in [5, 5.41) is 2.96. The molecule has 3 heterocycles. The van der Waals surface area contributed by atoms with E-state index in [1.165, 1.54) is 6.33 Å². The SMILES string of the molecule is O=C(NC[C@H]1Cc2cc(-c3cncnc3)ccc2O1)c1cccc(N2CCCC2=O)c1. The number of carbonyl (C=O) groups excluding carboxylic acids is 2. The summed E-state index contributed by atoms with van der Waals surface area (Å²) in [4.78, 5) is 34.5. The minimum atomic E-state index is -0.171. The van der Waals surface area contributed by atoms with Crippen molar-refractivity contribution in [3.63, 3.8) is 0 Å². The van der Waals surface area contributed by atoms with E-state index in [0.29, 0.717) is 25.1 Å². The molecule has 156 valence electrons. The van der Waals surface area contributed by atoms with Gasteiger partial charge in [0.1, 0.15) is 18.2 Å². The Bertz CT molecular complexity index is 1130. The molecule has 2 aromatic carbocycles. The van der Waals surface area contributed by atoms with Crippen molar-refractivity contribution in [1.29, 1.82) is 0 Å². The first-order valence-corrected chi connectivity index (χ1v) is 10.4. The monoisotopic (exact) mass is 414 g/mol. The molecular formula is C24H22N4O3. The van der Waals surface area contributed by atoms with Gasteiger partial charge < -0.3 is 15.0 Å². The normalized spacial score (nSPS) is 17.4. The molecule has 0 unspecified atom stereocenters. The van der Waals surface area contributed by atoms with E-state index in [9.17, 15) is 9.59 Å². The van der Waals surface area contributed by atoms with Crippen LogP contribution in [0.2, 0.25) is 0 Å². The number of hydrogen-bond donors (Lipinski definition) is 1. The lowest BCUT2D eigenvalue weighted by Crippen LogP contribution is -2.34. The number of fused-ring (bicyclic) bond motifs is 1. The molecule has 1 aromatic heterocycles. The quantitative estimate of drug-likeness (QED) is 0.694. The summed E-state index contributed by atoms with van der Waals surface area (Å²) in [7, 11) is 0. The van der Waals surface area contributed by atoms with Gasteiger partial charge in [0.2, 0.25) is 5.91 Å². The third-order valence-electron chi connectivity index (χ3n) is 5.68. The average molecular weight is 414 g/mol. The second kappa shape index (κ2) is 8.18. The Balaban J connectivity index is 1.21.